The molecular formula is C60H98O6. The molecule has 0 saturated carbocycles. The Balaban J connectivity index is 4.51. The first-order valence-electron chi connectivity index (χ1n) is 26.9. The highest BCUT2D eigenvalue weighted by Gasteiger charge is 2.19. The first-order valence-corrected chi connectivity index (χ1v) is 26.9. The van der Waals surface area contributed by atoms with Crippen molar-refractivity contribution < 1.29 is 28.6 Å². The smallest absolute Gasteiger partial charge is 0.306 e. The molecule has 1 unspecified atom stereocenters. The third-order valence-electron chi connectivity index (χ3n) is 11.0. The predicted molar refractivity (Wildman–Crippen MR) is 283 cm³/mol. The van der Waals surface area contributed by atoms with E-state index >= 15 is 0 Å². The number of rotatable bonds is 47. The Morgan fingerprint density at radius 2 is 0.621 bits per heavy atom. The van der Waals surface area contributed by atoms with Gasteiger partial charge in [-0.3, -0.25) is 14.4 Å². The van der Waals surface area contributed by atoms with Gasteiger partial charge in [0, 0.05) is 19.3 Å². The molecule has 0 aliphatic carbocycles. The summed E-state index contributed by atoms with van der Waals surface area (Å²) in [5.41, 5.74) is 0. The summed E-state index contributed by atoms with van der Waals surface area (Å²) in [4.78, 5) is 38.0. The van der Waals surface area contributed by atoms with Crippen LogP contribution in [0.25, 0.3) is 0 Å². The summed E-state index contributed by atoms with van der Waals surface area (Å²) in [5, 5.41) is 0. The van der Waals surface area contributed by atoms with Crippen molar-refractivity contribution in [3.63, 3.8) is 0 Å². The highest BCUT2D eigenvalue weighted by atomic mass is 16.6. The van der Waals surface area contributed by atoms with E-state index < -0.39 is 6.10 Å². The Morgan fingerprint density at radius 3 is 1.02 bits per heavy atom. The fourth-order valence-electron chi connectivity index (χ4n) is 7.07. The molecule has 0 spiro atoms. The summed E-state index contributed by atoms with van der Waals surface area (Å²) in [7, 11) is 0. The van der Waals surface area contributed by atoms with Crippen molar-refractivity contribution >= 4 is 17.9 Å². The summed E-state index contributed by atoms with van der Waals surface area (Å²) in [6, 6.07) is 0. The quantitative estimate of drug-likeness (QED) is 0.0262. The van der Waals surface area contributed by atoms with E-state index in [1.807, 2.05) is 12.2 Å². The molecule has 0 aromatic carbocycles. The van der Waals surface area contributed by atoms with E-state index in [0.29, 0.717) is 25.7 Å². The van der Waals surface area contributed by atoms with Gasteiger partial charge < -0.3 is 14.2 Å². The topological polar surface area (TPSA) is 78.9 Å². The normalized spacial score (nSPS) is 13.0. The predicted octanol–water partition coefficient (Wildman–Crippen LogP) is 17.9. The lowest BCUT2D eigenvalue weighted by molar-refractivity contribution is -0.166. The molecule has 0 heterocycles. The third-order valence-corrected chi connectivity index (χ3v) is 11.0. The molecule has 0 aromatic heterocycles. The molecule has 66 heavy (non-hydrogen) atoms. The van der Waals surface area contributed by atoms with Gasteiger partial charge in [0.15, 0.2) is 6.10 Å². The van der Waals surface area contributed by atoms with Crippen LogP contribution >= 0.6 is 0 Å². The second-order valence-corrected chi connectivity index (χ2v) is 17.4. The molecule has 0 rings (SSSR count). The Morgan fingerprint density at radius 1 is 0.318 bits per heavy atom. The van der Waals surface area contributed by atoms with Crippen LogP contribution in [0.4, 0.5) is 0 Å². The zero-order valence-corrected chi connectivity index (χ0v) is 42.7. The van der Waals surface area contributed by atoms with Crippen molar-refractivity contribution in [2.45, 2.75) is 239 Å². The van der Waals surface area contributed by atoms with Gasteiger partial charge in [0.05, 0.1) is 0 Å². The van der Waals surface area contributed by atoms with Crippen molar-refractivity contribution in [2.75, 3.05) is 13.2 Å². The number of allylic oxidation sites excluding steroid dienone is 18. The fraction of sp³-hybridized carbons (Fsp3) is 0.650. The van der Waals surface area contributed by atoms with E-state index in [-0.39, 0.29) is 37.5 Å². The van der Waals surface area contributed by atoms with Gasteiger partial charge >= 0.3 is 17.9 Å². The minimum Gasteiger partial charge on any atom is -0.462 e. The van der Waals surface area contributed by atoms with E-state index in [2.05, 4.69) is 118 Å². The molecule has 0 radical (unpaired) electrons. The molecule has 0 saturated heterocycles. The van der Waals surface area contributed by atoms with Crippen molar-refractivity contribution in [1.82, 2.24) is 0 Å². The van der Waals surface area contributed by atoms with E-state index in [1.54, 1.807) is 0 Å². The van der Waals surface area contributed by atoms with Gasteiger partial charge in [0.1, 0.15) is 13.2 Å². The van der Waals surface area contributed by atoms with Crippen LogP contribution in [-0.4, -0.2) is 37.2 Å². The summed E-state index contributed by atoms with van der Waals surface area (Å²) in [5.74, 6) is -1.04. The van der Waals surface area contributed by atoms with Crippen LogP contribution in [0, 0.1) is 0 Å². The average Bonchev–Trinajstić information content (AvgIpc) is 3.31. The summed E-state index contributed by atoms with van der Waals surface area (Å²) < 4.78 is 16.7. The van der Waals surface area contributed by atoms with E-state index in [4.69, 9.17) is 14.2 Å². The summed E-state index contributed by atoms with van der Waals surface area (Å²) >= 11 is 0. The van der Waals surface area contributed by atoms with Gasteiger partial charge in [0.2, 0.25) is 0 Å². The highest BCUT2D eigenvalue weighted by molar-refractivity contribution is 5.71. The van der Waals surface area contributed by atoms with E-state index in [0.717, 1.165) is 89.9 Å². The molecule has 0 bridgehead atoms. The van der Waals surface area contributed by atoms with Crippen molar-refractivity contribution in [3.8, 4) is 0 Å². The standard InChI is InChI=1S/C60H98O6/c1-4-7-10-13-16-19-22-25-27-29-30-32-33-35-38-41-44-47-50-53-59(62)65-56-57(55-64-58(61)52-49-46-43-40-37-24-21-18-15-12-9-6-3)66-60(63)54-51-48-45-42-39-36-34-31-28-26-23-20-17-14-11-8-5-2/h7,9-10,12,16,18-19,21,25,27,30,32,35,37-38,40,44,47,57H,4-6,8,11,13-15,17,20,22-24,26,28-29,31,33-34,36,39,41-43,45-46,48-56H2,1-3H3/b10-7-,12-9-,19-16-,21-18-,27-25-,32-30-,38-35-,40-37-,47-44-. The van der Waals surface area contributed by atoms with Gasteiger partial charge in [-0.15, -0.1) is 0 Å². The van der Waals surface area contributed by atoms with Gasteiger partial charge in [-0.05, 0) is 89.9 Å². The molecule has 0 aromatic rings. The first kappa shape index (κ1) is 62.1. The SMILES string of the molecule is CC/C=C\C/C=C\C/C=C\C/C=C\C/C=C\C/C=C\CCC(=O)OCC(COC(=O)CCCC/C=C\C/C=C\C/C=C\CC)OC(=O)CCCCCCCCCCCCCCCCCCC. The van der Waals surface area contributed by atoms with Gasteiger partial charge in [0.25, 0.3) is 0 Å². The number of hydrogen-bond donors (Lipinski definition) is 0. The van der Waals surface area contributed by atoms with Crippen molar-refractivity contribution in [3.05, 3.63) is 109 Å². The minimum atomic E-state index is -0.824. The van der Waals surface area contributed by atoms with Crippen LogP contribution in [0.1, 0.15) is 233 Å². The number of carbonyl (C=O) groups is 3. The zero-order chi connectivity index (χ0) is 47.9. The molecule has 0 aliphatic rings. The fourth-order valence-corrected chi connectivity index (χ4v) is 7.07. The molecule has 0 aliphatic heterocycles. The number of hydrogen-bond acceptors (Lipinski definition) is 6. The van der Waals surface area contributed by atoms with Crippen LogP contribution < -0.4 is 0 Å². The Labute approximate surface area is 406 Å². The zero-order valence-electron chi connectivity index (χ0n) is 42.7. The minimum absolute atomic E-state index is 0.121. The number of carbonyl (C=O) groups excluding carboxylic acids is 3. The first-order chi connectivity index (χ1) is 32.5. The molecule has 0 N–H and O–H groups in total. The van der Waals surface area contributed by atoms with Gasteiger partial charge in [-0.1, -0.05) is 233 Å². The van der Waals surface area contributed by atoms with Crippen LogP contribution in [0.5, 0.6) is 0 Å². The van der Waals surface area contributed by atoms with E-state index in [9.17, 15) is 14.4 Å². The lowest BCUT2D eigenvalue weighted by Gasteiger charge is -2.18. The Kier molecular flexibility index (Phi) is 50.5. The lowest BCUT2D eigenvalue weighted by atomic mass is 10.0. The molecular weight excluding hydrogens is 817 g/mol. The van der Waals surface area contributed by atoms with Crippen LogP contribution in [0.2, 0.25) is 0 Å². The third kappa shape index (κ3) is 51.1. The maximum atomic E-state index is 12.8. The number of esters is 3. The Bertz CT molecular complexity index is 1370. The molecule has 6 nitrogen and oxygen atoms in total. The lowest BCUT2D eigenvalue weighted by Crippen LogP contribution is -2.30. The van der Waals surface area contributed by atoms with E-state index in [1.165, 1.54) is 89.9 Å². The summed E-state index contributed by atoms with van der Waals surface area (Å²) in [6.45, 7) is 6.31. The van der Waals surface area contributed by atoms with Crippen LogP contribution in [0.15, 0.2) is 109 Å². The second kappa shape index (κ2) is 53.7. The largest absolute Gasteiger partial charge is 0.462 e. The van der Waals surface area contributed by atoms with Crippen molar-refractivity contribution in [2.24, 2.45) is 0 Å². The monoisotopic (exact) mass is 915 g/mol. The van der Waals surface area contributed by atoms with Crippen LogP contribution in [0.3, 0.4) is 0 Å². The van der Waals surface area contributed by atoms with Crippen molar-refractivity contribution in [1.29, 1.82) is 0 Å². The maximum absolute atomic E-state index is 12.8. The van der Waals surface area contributed by atoms with Gasteiger partial charge in [-0.2, -0.15) is 0 Å². The van der Waals surface area contributed by atoms with Crippen LogP contribution in [-0.2, 0) is 28.6 Å². The maximum Gasteiger partial charge on any atom is 0.306 e. The number of ether oxygens (including phenoxy) is 3. The average molecular weight is 915 g/mol. The molecule has 0 amide bonds. The highest BCUT2D eigenvalue weighted by Crippen LogP contribution is 2.15. The number of unbranched alkanes of at least 4 members (excludes halogenated alkanes) is 18. The molecule has 6 heteroatoms. The second-order valence-electron chi connectivity index (χ2n) is 17.4. The molecule has 1 atom stereocenters. The Hall–Kier alpha value is -3.93. The molecule has 374 valence electrons. The summed E-state index contributed by atoms with van der Waals surface area (Å²) in [6.07, 6.45) is 72.4. The van der Waals surface area contributed by atoms with Gasteiger partial charge in [-0.25, -0.2) is 0 Å². The molecule has 0 fully saturated rings.